The number of rotatable bonds is 4. The number of pyridine rings is 1. The summed E-state index contributed by atoms with van der Waals surface area (Å²) in [6.07, 6.45) is 4.26. The number of piperidine rings is 1. The number of hydrogen-bond donors (Lipinski definition) is 0. The maximum atomic E-state index is 10.8. The Morgan fingerprint density at radius 3 is 2.62 bits per heavy atom. The van der Waals surface area contributed by atoms with Crippen LogP contribution in [0.25, 0.3) is 11.0 Å². The lowest BCUT2D eigenvalue weighted by Gasteiger charge is -2.34. The number of nitrogens with zero attached hydrogens (tertiary/aromatic N) is 5. The van der Waals surface area contributed by atoms with Gasteiger partial charge in [-0.3, -0.25) is 10.1 Å². The van der Waals surface area contributed by atoms with E-state index in [0.29, 0.717) is 6.04 Å². The predicted molar refractivity (Wildman–Crippen MR) is 100 cm³/mol. The van der Waals surface area contributed by atoms with E-state index < -0.39 is 4.92 Å². The van der Waals surface area contributed by atoms with E-state index in [4.69, 9.17) is 4.98 Å². The normalized spacial score (nSPS) is 15.5. The standard InChI is InChI=1S/C19H21N5O2/c1-2-18-21-16-5-3-4-6-17(16)23(18)14-9-11-22(12-10-14)19-8-7-15(13-20-19)24(25)26/h3-8,13-14H,2,9-12H2,1H3. The molecular formula is C19H21N5O2. The molecule has 0 bridgehead atoms. The molecule has 0 unspecified atom stereocenters. The first-order valence-corrected chi connectivity index (χ1v) is 8.98. The van der Waals surface area contributed by atoms with Gasteiger partial charge in [0.25, 0.3) is 5.69 Å². The molecule has 2 aromatic heterocycles. The topological polar surface area (TPSA) is 77.1 Å². The fraction of sp³-hybridized carbons (Fsp3) is 0.368. The van der Waals surface area contributed by atoms with Gasteiger partial charge < -0.3 is 9.47 Å². The number of anilines is 1. The molecule has 1 aliphatic heterocycles. The third kappa shape index (κ3) is 2.89. The van der Waals surface area contributed by atoms with Crippen molar-refractivity contribution in [2.75, 3.05) is 18.0 Å². The fourth-order valence-electron chi connectivity index (χ4n) is 3.78. The zero-order chi connectivity index (χ0) is 18.1. The number of benzene rings is 1. The van der Waals surface area contributed by atoms with Crippen LogP contribution < -0.4 is 4.90 Å². The van der Waals surface area contributed by atoms with Crippen LogP contribution in [0.2, 0.25) is 0 Å². The lowest BCUT2D eigenvalue weighted by molar-refractivity contribution is -0.385. The maximum Gasteiger partial charge on any atom is 0.287 e. The van der Waals surface area contributed by atoms with Gasteiger partial charge in [0, 0.05) is 31.6 Å². The number of aryl methyl sites for hydroxylation is 1. The van der Waals surface area contributed by atoms with Crippen LogP contribution in [0.5, 0.6) is 0 Å². The quantitative estimate of drug-likeness (QED) is 0.528. The van der Waals surface area contributed by atoms with E-state index in [0.717, 1.165) is 49.5 Å². The van der Waals surface area contributed by atoms with Crippen LogP contribution in [0.3, 0.4) is 0 Å². The van der Waals surface area contributed by atoms with Gasteiger partial charge in [0.1, 0.15) is 17.8 Å². The van der Waals surface area contributed by atoms with Crippen molar-refractivity contribution in [3.63, 3.8) is 0 Å². The van der Waals surface area contributed by atoms with Crippen molar-refractivity contribution in [2.24, 2.45) is 0 Å². The van der Waals surface area contributed by atoms with Gasteiger partial charge in [-0.15, -0.1) is 0 Å². The number of hydrogen-bond acceptors (Lipinski definition) is 5. The van der Waals surface area contributed by atoms with Crippen molar-refractivity contribution in [1.82, 2.24) is 14.5 Å². The molecule has 0 saturated carbocycles. The third-order valence-corrected chi connectivity index (χ3v) is 5.08. The van der Waals surface area contributed by atoms with E-state index in [2.05, 4.69) is 39.6 Å². The summed E-state index contributed by atoms with van der Waals surface area (Å²) < 4.78 is 2.40. The second kappa shape index (κ2) is 6.74. The van der Waals surface area contributed by atoms with Crippen molar-refractivity contribution in [3.8, 4) is 0 Å². The lowest BCUT2D eigenvalue weighted by atomic mass is 10.0. The van der Waals surface area contributed by atoms with Crippen molar-refractivity contribution < 1.29 is 4.92 Å². The Hall–Kier alpha value is -2.96. The highest BCUT2D eigenvalue weighted by molar-refractivity contribution is 5.76. The monoisotopic (exact) mass is 351 g/mol. The van der Waals surface area contributed by atoms with Crippen LogP contribution in [0, 0.1) is 10.1 Å². The first-order valence-electron chi connectivity index (χ1n) is 8.98. The summed E-state index contributed by atoms with van der Waals surface area (Å²) in [6.45, 7) is 3.91. The van der Waals surface area contributed by atoms with Crippen LogP contribution in [-0.2, 0) is 6.42 Å². The van der Waals surface area contributed by atoms with E-state index in [-0.39, 0.29) is 5.69 Å². The Kier molecular flexibility index (Phi) is 4.28. The van der Waals surface area contributed by atoms with Gasteiger partial charge in [-0.2, -0.15) is 0 Å². The van der Waals surface area contributed by atoms with Crippen LogP contribution >= 0.6 is 0 Å². The second-order valence-corrected chi connectivity index (χ2v) is 6.59. The van der Waals surface area contributed by atoms with Gasteiger partial charge in [-0.1, -0.05) is 19.1 Å². The molecule has 1 aromatic carbocycles. The van der Waals surface area contributed by atoms with Gasteiger partial charge in [0.05, 0.1) is 16.0 Å². The summed E-state index contributed by atoms with van der Waals surface area (Å²) in [4.78, 5) is 21.6. The van der Waals surface area contributed by atoms with E-state index >= 15 is 0 Å². The molecule has 0 amide bonds. The number of aromatic nitrogens is 3. The van der Waals surface area contributed by atoms with Crippen molar-refractivity contribution in [2.45, 2.75) is 32.2 Å². The van der Waals surface area contributed by atoms with Crippen molar-refractivity contribution >= 4 is 22.5 Å². The summed E-state index contributed by atoms with van der Waals surface area (Å²) in [5, 5.41) is 10.8. The van der Waals surface area contributed by atoms with E-state index in [1.807, 2.05) is 6.07 Å². The lowest BCUT2D eigenvalue weighted by Crippen LogP contribution is -2.35. The number of nitro groups is 1. The Labute approximate surface area is 151 Å². The summed E-state index contributed by atoms with van der Waals surface area (Å²) in [6, 6.07) is 12.0. The van der Waals surface area contributed by atoms with Crippen molar-refractivity contribution in [3.05, 3.63) is 58.5 Å². The highest BCUT2D eigenvalue weighted by Crippen LogP contribution is 2.30. The fourth-order valence-corrected chi connectivity index (χ4v) is 3.78. The average molecular weight is 351 g/mol. The van der Waals surface area contributed by atoms with Gasteiger partial charge in [0.2, 0.25) is 0 Å². The molecular weight excluding hydrogens is 330 g/mol. The minimum Gasteiger partial charge on any atom is -0.356 e. The summed E-state index contributed by atoms with van der Waals surface area (Å²) in [5.41, 5.74) is 2.29. The maximum absolute atomic E-state index is 10.8. The largest absolute Gasteiger partial charge is 0.356 e. The van der Waals surface area contributed by atoms with Crippen LogP contribution in [0.4, 0.5) is 11.5 Å². The van der Waals surface area contributed by atoms with Gasteiger partial charge in [-0.05, 0) is 31.0 Å². The minimum absolute atomic E-state index is 0.0288. The minimum atomic E-state index is -0.417. The number of para-hydroxylation sites is 2. The van der Waals surface area contributed by atoms with E-state index in [1.165, 1.54) is 17.8 Å². The molecule has 0 radical (unpaired) electrons. The average Bonchev–Trinajstić information content (AvgIpc) is 3.07. The van der Waals surface area contributed by atoms with Gasteiger partial charge >= 0.3 is 0 Å². The summed E-state index contributed by atoms with van der Waals surface area (Å²) in [7, 11) is 0. The molecule has 134 valence electrons. The van der Waals surface area contributed by atoms with Gasteiger partial charge in [0.15, 0.2) is 0 Å². The molecule has 1 fully saturated rings. The summed E-state index contributed by atoms with van der Waals surface area (Å²) in [5.74, 6) is 1.94. The molecule has 26 heavy (non-hydrogen) atoms. The van der Waals surface area contributed by atoms with E-state index in [1.54, 1.807) is 6.07 Å². The van der Waals surface area contributed by atoms with Crippen molar-refractivity contribution in [1.29, 1.82) is 0 Å². The Morgan fingerprint density at radius 1 is 1.19 bits per heavy atom. The first-order chi connectivity index (χ1) is 12.7. The molecule has 4 rings (SSSR count). The zero-order valence-electron chi connectivity index (χ0n) is 14.7. The first kappa shape index (κ1) is 16.5. The SMILES string of the molecule is CCc1nc2ccccc2n1C1CCN(c2ccc([N+](=O)[O-])cn2)CC1. The second-order valence-electron chi connectivity index (χ2n) is 6.59. The molecule has 0 spiro atoms. The molecule has 0 atom stereocenters. The molecule has 0 aliphatic carbocycles. The smallest absolute Gasteiger partial charge is 0.287 e. The highest BCUT2D eigenvalue weighted by atomic mass is 16.6. The molecule has 0 N–H and O–H groups in total. The Morgan fingerprint density at radius 2 is 1.96 bits per heavy atom. The summed E-state index contributed by atoms with van der Waals surface area (Å²) >= 11 is 0. The van der Waals surface area contributed by atoms with Crippen LogP contribution in [-0.4, -0.2) is 32.5 Å². The molecule has 1 saturated heterocycles. The Bertz CT molecular complexity index is 927. The molecule has 3 aromatic rings. The van der Waals surface area contributed by atoms with Crippen LogP contribution in [0.15, 0.2) is 42.6 Å². The predicted octanol–water partition coefficient (Wildman–Crippen LogP) is 3.74. The molecule has 3 heterocycles. The molecule has 7 nitrogen and oxygen atoms in total. The highest BCUT2D eigenvalue weighted by Gasteiger charge is 2.24. The van der Waals surface area contributed by atoms with Crippen LogP contribution in [0.1, 0.15) is 31.6 Å². The Balaban J connectivity index is 1.53. The van der Waals surface area contributed by atoms with Gasteiger partial charge in [-0.25, -0.2) is 9.97 Å². The zero-order valence-corrected chi connectivity index (χ0v) is 14.7. The molecule has 1 aliphatic rings. The number of imidazole rings is 1. The van der Waals surface area contributed by atoms with E-state index in [9.17, 15) is 10.1 Å². The number of fused-ring (bicyclic) bond motifs is 1. The molecule has 7 heteroatoms. The third-order valence-electron chi connectivity index (χ3n) is 5.08.